The molecule has 0 radical (unpaired) electrons. The second-order valence-corrected chi connectivity index (χ2v) is 6.54. The third-order valence-electron chi connectivity index (χ3n) is 4.59. The molecule has 0 unspecified atom stereocenters. The van der Waals surface area contributed by atoms with Gasteiger partial charge in [-0.1, -0.05) is 30.3 Å². The van der Waals surface area contributed by atoms with Crippen LogP contribution in [-0.4, -0.2) is 33.0 Å². The quantitative estimate of drug-likeness (QED) is 0.532. The summed E-state index contributed by atoms with van der Waals surface area (Å²) in [6.07, 6.45) is 1.56. The molecule has 1 amide bonds. The minimum atomic E-state index is -0.405. The summed E-state index contributed by atoms with van der Waals surface area (Å²) in [5.74, 6) is -0.944. The number of hydrogen-bond donors (Lipinski definition) is 1. The van der Waals surface area contributed by atoms with Gasteiger partial charge in [-0.05, 0) is 30.3 Å². The first-order valence-corrected chi connectivity index (χ1v) is 8.98. The van der Waals surface area contributed by atoms with E-state index in [0.29, 0.717) is 33.4 Å². The van der Waals surface area contributed by atoms with Gasteiger partial charge in [-0.2, -0.15) is 5.10 Å². The van der Waals surface area contributed by atoms with Crippen molar-refractivity contribution in [2.75, 3.05) is 6.54 Å². The van der Waals surface area contributed by atoms with Crippen molar-refractivity contribution in [3.63, 3.8) is 0 Å². The van der Waals surface area contributed by atoms with E-state index in [1.165, 1.54) is 12.1 Å². The van der Waals surface area contributed by atoms with Crippen molar-refractivity contribution in [2.45, 2.75) is 0 Å². The van der Waals surface area contributed by atoms with Crippen LogP contribution in [0.15, 0.2) is 66.9 Å². The van der Waals surface area contributed by atoms with Crippen LogP contribution in [0.3, 0.4) is 0 Å². The first-order valence-electron chi connectivity index (χ1n) is 8.98. The van der Waals surface area contributed by atoms with E-state index in [0.717, 1.165) is 0 Å². The number of hydrogen-bond acceptors (Lipinski definition) is 4. The SMILES string of the molecule is Cn1ncc2c(C(=O)NCC(=O)c3ccccc3)cc(-c3ccc(F)cc3)nc21. The first-order chi connectivity index (χ1) is 14.0. The average molecular weight is 388 g/mol. The normalized spacial score (nSPS) is 10.8. The standard InChI is InChI=1S/C22H17FN4O2/c1-27-21-18(12-25-27)17(11-19(26-21)14-7-9-16(23)10-8-14)22(29)24-13-20(28)15-5-3-2-4-6-15/h2-12H,13H2,1H3,(H,24,29). The maximum Gasteiger partial charge on any atom is 0.252 e. The third-order valence-corrected chi connectivity index (χ3v) is 4.59. The number of carbonyl (C=O) groups is 2. The molecule has 144 valence electrons. The third kappa shape index (κ3) is 3.75. The molecule has 0 aliphatic heterocycles. The van der Waals surface area contributed by atoms with Gasteiger partial charge in [-0.25, -0.2) is 9.37 Å². The predicted octanol–water partition coefficient (Wildman–Crippen LogP) is 3.39. The van der Waals surface area contributed by atoms with Gasteiger partial charge in [0.2, 0.25) is 0 Å². The van der Waals surface area contributed by atoms with E-state index < -0.39 is 5.91 Å². The van der Waals surface area contributed by atoms with Gasteiger partial charge in [-0.3, -0.25) is 14.3 Å². The van der Waals surface area contributed by atoms with E-state index in [2.05, 4.69) is 15.4 Å². The summed E-state index contributed by atoms with van der Waals surface area (Å²) in [6.45, 7) is -0.126. The molecule has 0 atom stereocenters. The van der Waals surface area contributed by atoms with Crippen molar-refractivity contribution < 1.29 is 14.0 Å². The number of aryl methyl sites for hydroxylation is 1. The molecule has 7 heteroatoms. The number of ketones is 1. The molecule has 2 aromatic heterocycles. The molecule has 0 bridgehead atoms. The van der Waals surface area contributed by atoms with Crippen molar-refractivity contribution in [3.05, 3.63) is 83.8 Å². The Morgan fingerprint density at radius 1 is 1.07 bits per heavy atom. The maximum absolute atomic E-state index is 13.3. The van der Waals surface area contributed by atoms with Gasteiger partial charge in [0.15, 0.2) is 11.4 Å². The van der Waals surface area contributed by atoms with Gasteiger partial charge in [0.1, 0.15) is 5.82 Å². The Balaban J connectivity index is 1.66. The molecule has 4 aromatic rings. The number of carbonyl (C=O) groups excluding carboxylic acids is 2. The van der Waals surface area contributed by atoms with E-state index in [4.69, 9.17) is 0 Å². The number of rotatable bonds is 5. The lowest BCUT2D eigenvalue weighted by atomic mass is 10.1. The highest BCUT2D eigenvalue weighted by atomic mass is 19.1. The van der Waals surface area contributed by atoms with E-state index in [1.54, 1.807) is 60.4 Å². The number of aromatic nitrogens is 3. The molecule has 6 nitrogen and oxygen atoms in total. The smallest absolute Gasteiger partial charge is 0.252 e. The average Bonchev–Trinajstić information content (AvgIpc) is 3.13. The lowest BCUT2D eigenvalue weighted by Crippen LogP contribution is -2.29. The van der Waals surface area contributed by atoms with Gasteiger partial charge in [0, 0.05) is 18.2 Å². The van der Waals surface area contributed by atoms with Crippen LogP contribution in [0.5, 0.6) is 0 Å². The molecule has 0 aliphatic rings. The van der Waals surface area contributed by atoms with Crippen LogP contribution in [0.1, 0.15) is 20.7 Å². The number of Topliss-reactive ketones (excluding diaryl/α,β-unsaturated/α-hetero) is 1. The fourth-order valence-corrected chi connectivity index (χ4v) is 3.05. The van der Waals surface area contributed by atoms with Crippen LogP contribution >= 0.6 is 0 Å². The predicted molar refractivity (Wildman–Crippen MR) is 107 cm³/mol. The minimum Gasteiger partial charge on any atom is -0.345 e. The zero-order valence-corrected chi connectivity index (χ0v) is 15.6. The Labute approximate surface area is 166 Å². The first kappa shape index (κ1) is 18.5. The Morgan fingerprint density at radius 3 is 2.52 bits per heavy atom. The number of benzene rings is 2. The molecule has 29 heavy (non-hydrogen) atoms. The minimum absolute atomic E-state index is 0.126. The Morgan fingerprint density at radius 2 is 1.79 bits per heavy atom. The Kier molecular flexibility index (Phi) is 4.87. The molecule has 1 N–H and O–H groups in total. The fraction of sp³-hybridized carbons (Fsp3) is 0.0909. The fourth-order valence-electron chi connectivity index (χ4n) is 3.05. The molecule has 0 spiro atoms. The van der Waals surface area contributed by atoms with E-state index >= 15 is 0 Å². The van der Waals surface area contributed by atoms with Gasteiger partial charge in [0.05, 0.1) is 29.4 Å². The van der Waals surface area contributed by atoms with Crippen molar-refractivity contribution >= 4 is 22.7 Å². The summed E-state index contributed by atoms with van der Waals surface area (Å²) in [5.41, 5.74) is 2.58. The topological polar surface area (TPSA) is 76.9 Å². The number of pyridine rings is 1. The highest BCUT2D eigenvalue weighted by Crippen LogP contribution is 2.25. The van der Waals surface area contributed by atoms with Crippen LogP contribution < -0.4 is 5.32 Å². The van der Waals surface area contributed by atoms with Crippen LogP contribution in [0.4, 0.5) is 4.39 Å². The summed E-state index contributed by atoms with van der Waals surface area (Å²) < 4.78 is 14.8. The van der Waals surface area contributed by atoms with Crippen molar-refractivity contribution in [1.82, 2.24) is 20.1 Å². The van der Waals surface area contributed by atoms with E-state index in [9.17, 15) is 14.0 Å². The Hall–Kier alpha value is -3.87. The molecule has 0 aliphatic carbocycles. The van der Waals surface area contributed by atoms with Crippen LogP contribution in [0.2, 0.25) is 0 Å². The van der Waals surface area contributed by atoms with Crippen LogP contribution in [-0.2, 0) is 7.05 Å². The summed E-state index contributed by atoms with van der Waals surface area (Å²) in [6, 6.07) is 16.3. The van der Waals surface area contributed by atoms with E-state index in [-0.39, 0.29) is 18.1 Å². The molecule has 2 heterocycles. The summed E-state index contributed by atoms with van der Waals surface area (Å²) in [7, 11) is 1.73. The van der Waals surface area contributed by atoms with E-state index in [1.807, 2.05) is 6.07 Å². The number of fused-ring (bicyclic) bond motifs is 1. The van der Waals surface area contributed by atoms with Gasteiger partial charge in [0.25, 0.3) is 5.91 Å². The molecule has 2 aromatic carbocycles. The summed E-state index contributed by atoms with van der Waals surface area (Å²) in [4.78, 5) is 29.7. The summed E-state index contributed by atoms with van der Waals surface area (Å²) in [5, 5.41) is 7.42. The molecular weight excluding hydrogens is 371 g/mol. The largest absolute Gasteiger partial charge is 0.345 e. The molecule has 0 saturated carbocycles. The summed E-state index contributed by atoms with van der Waals surface area (Å²) >= 11 is 0. The van der Waals surface area contributed by atoms with Gasteiger partial charge >= 0.3 is 0 Å². The highest BCUT2D eigenvalue weighted by Gasteiger charge is 2.17. The molecular formula is C22H17FN4O2. The lowest BCUT2D eigenvalue weighted by Gasteiger charge is -2.09. The van der Waals surface area contributed by atoms with Crippen molar-refractivity contribution in [1.29, 1.82) is 0 Å². The second-order valence-electron chi connectivity index (χ2n) is 6.54. The zero-order chi connectivity index (χ0) is 20.4. The highest BCUT2D eigenvalue weighted by molar-refractivity contribution is 6.08. The van der Waals surface area contributed by atoms with Gasteiger partial charge in [-0.15, -0.1) is 0 Å². The number of amides is 1. The second kappa shape index (κ2) is 7.63. The van der Waals surface area contributed by atoms with Crippen LogP contribution in [0, 0.1) is 5.82 Å². The van der Waals surface area contributed by atoms with Crippen molar-refractivity contribution in [3.8, 4) is 11.3 Å². The monoisotopic (exact) mass is 388 g/mol. The molecule has 0 fully saturated rings. The van der Waals surface area contributed by atoms with Crippen molar-refractivity contribution in [2.24, 2.45) is 7.05 Å². The maximum atomic E-state index is 13.3. The number of halogens is 1. The molecule has 4 rings (SSSR count). The van der Waals surface area contributed by atoms with Crippen LogP contribution in [0.25, 0.3) is 22.3 Å². The Bertz CT molecular complexity index is 1200. The zero-order valence-electron chi connectivity index (χ0n) is 15.6. The molecule has 0 saturated heterocycles. The number of nitrogens with one attached hydrogen (secondary N) is 1. The lowest BCUT2D eigenvalue weighted by molar-refractivity contribution is 0.0905. The van der Waals surface area contributed by atoms with Gasteiger partial charge < -0.3 is 5.32 Å². The number of nitrogens with zero attached hydrogens (tertiary/aromatic N) is 3.